The molecule has 0 amide bonds. The van der Waals surface area contributed by atoms with E-state index < -0.39 is 0 Å². The van der Waals surface area contributed by atoms with Crippen molar-refractivity contribution < 1.29 is 4.74 Å². The van der Waals surface area contributed by atoms with Crippen molar-refractivity contribution in [3.8, 4) is 16.9 Å². The lowest BCUT2D eigenvalue weighted by Gasteiger charge is -2.46. The van der Waals surface area contributed by atoms with Crippen molar-refractivity contribution in [2.24, 2.45) is 10.9 Å². The minimum atomic E-state index is -0.296. The van der Waals surface area contributed by atoms with Crippen LogP contribution in [-0.4, -0.2) is 5.71 Å². The summed E-state index contributed by atoms with van der Waals surface area (Å²) in [6.07, 6.45) is 9.59. The molecule has 38 heavy (non-hydrogen) atoms. The second kappa shape index (κ2) is 8.85. The zero-order valence-corrected chi connectivity index (χ0v) is 21.7. The van der Waals surface area contributed by atoms with Crippen LogP contribution >= 0.6 is 0 Å². The summed E-state index contributed by atoms with van der Waals surface area (Å²) in [5.74, 6) is 2.16. The Balaban J connectivity index is 1.44. The maximum absolute atomic E-state index is 6.71. The zero-order valence-electron chi connectivity index (χ0n) is 21.7. The van der Waals surface area contributed by atoms with Crippen molar-refractivity contribution >= 4 is 11.4 Å². The Morgan fingerprint density at radius 1 is 0.816 bits per heavy atom. The Morgan fingerprint density at radius 3 is 2.21 bits per heavy atom. The van der Waals surface area contributed by atoms with Gasteiger partial charge in [-0.05, 0) is 60.2 Å². The molecule has 0 saturated heterocycles. The highest BCUT2D eigenvalue weighted by Gasteiger charge is 2.55. The highest BCUT2D eigenvalue weighted by Crippen LogP contribution is 2.62. The van der Waals surface area contributed by atoms with Crippen molar-refractivity contribution in [3.05, 3.63) is 155 Å². The van der Waals surface area contributed by atoms with Crippen LogP contribution in [0.4, 0.5) is 0 Å². The molecule has 1 spiro atoms. The van der Waals surface area contributed by atoms with Gasteiger partial charge in [0, 0.05) is 22.8 Å². The van der Waals surface area contributed by atoms with E-state index in [4.69, 9.17) is 9.73 Å². The summed E-state index contributed by atoms with van der Waals surface area (Å²) >= 11 is 0. The SMILES string of the molecule is C/C=C(/N=C(C)c1ccccc1)c1ccc2c(c1)OC1=CC=CCC1C21c2ccccc2-c2ccccc21. The fourth-order valence-corrected chi connectivity index (χ4v) is 6.67. The second-order valence-electron chi connectivity index (χ2n) is 10.2. The molecule has 1 atom stereocenters. The summed E-state index contributed by atoms with van der Waals surface area (Å²) in [7, 11) is 0. The van der Waals surface area contributed by atoms with Gasteiger partial charge >= 0.3 is 0 Å². The summed E-state index contributed by atoms with van der Waals surface area (Å²) in [5.41, 5.74) is 10.4. The third-order valence-corrected chi connectivity index (χ3v) is 8.31. The van der Waals surface area contributed by atoms with Gasteiger partial charge in [0.15, 0.2) is 0 Å². The molecule has 0 N–H and O–H groups in total. The Kier molecular flexibility index (Phi) is 5.30. The molecular formula is C36H29NO. The molecule has 2 heteroatoms. The molecule has 4 aromatic carbocycles. The van der Waals surface area contributed by atoms with Crippen molar-refractivity contribution in [2.45, 2.75) is 25.7 Å². The van der Waals surface area contributed by atoms with Crippen LogP contribution in [0, 0.1) is 5.92 Å². The van der Waals surface area contributed by atoms with Gasteiger partial charge < -0.3 is 4.74 Å². The molecular weight excluding hydrogens is 462 g/mol. The van der Waals surface area contributed by atoms with E-state index in [9.17, 15) is 0 Å². The van der Waals surface area contributed by atoms with E-state index in [1.54, 1.807) is 0 Å². The minimum Gasteiger partial charge on any atom is -0.461 e. The van der Waals surface area contributed by atoms with Crippen LogP contribution in [0.15, 0.2) is 132 Å². The molecule has 0 fully saturated rings. The van der Waals surface area contributed by atoms with Gasteiger partial charge in [-0.1, -0.05) is 109 Å². The van der Waals surface area contributed by atoms with Gasteiger partial charge in [-0.3, -0.25) is 4.99 Å². The minimum absolute atomic E-state index is 0.204. The molecule has 4 aromatic rings. The molecule has 2 nitrogen and oxygen atoms in total. The predicted octanol–water partition coefficient (Wildman–Crippen LogP) is 8.72. The highest BCUT2D eigenvalue weighted by molar-refractivity contribution is 6.01. The molecule has 2 aliphatic carbocycles. The molecule has 184 valence electrons. The Bertz CT molecular complexity index is 1640. The summed E-state index contributed by atoms with van der Waals surface area (Å²) in [6, 6.07) is 34.9. The first-order chi connectivity index (χ1) is 18.7. The van der Waals surface area contributed by atoms with Crippen LogP contribution in [0.2, 0.25) is 0 Å². The fraction of sp³-hybridized carbons (Fsp3) is 0.139. The summed E-state index contributed by atoms with van der Waals surface area (Å²) < 4.78 is 6.71. The van der Waals surface area contributed by atoms with Crippen LogP contribution in [0.5, 0.6) is 5.75 Å². The summed E-state index contributed by atoms with van der Waals surface area (Å²) in [5, 5.41) is 0. The average Bonchev–Trinajstić information content (AvgIpc) is 3.27. The lowest BCUT2D eigenvalue weighted by Crippen LogP contribution is -2.42. The second-order valence-corrected chi connectivity index (χ2v) is 10.2. The summed E-state index contributed by atoms with van der Waals surface area (Å²) in [6.45, 7) is 4.12. The Morgan fingerprint density at radius 2 is 1.50 bits per heavy atom. The molecule has 1 aliphatic heterocycles. The van der Waals surface area contributed by atoms with Gasteiger partial charge in [-0.2, -0.15) is 0 Å². The van der Waals surface area contributed by atoms with Crippen molar-refractivity contribution in [3.63, 3.8) is 0 Å². The number of hydrogen-bond donors (Lipinski definition) is 0. The quantitative estimate of drug-likeness (QED) is 0.263. The number of hydrogen-bond acceptors (Lipinski definition) is 2. The number of aliphatic imine (C=N–C) groups is 1. The third kappa shape index (κ3) is 3.23. The molecule has 0 radical (unpaired) electrons. The van der Waals surface area contributed by atoms with E-state index in [1.807, 2.05) is 13.0 Å². The van der Waals surface area contributed by atoms with Gasteiger partial charge in [0.05, 0.1) is 11.1 Å². The maximum atomic E-state index is 6.71. The Hall–Kier alpha value is -4.43. The monoisotopic (exact) mass is 491 g/mol. The zero-order chi connectivity index (χ0) is 25.7. The van der Waals surface area contributed by atoms with Gasteiger partial charge in [0.2, 0.25) is 0 Å². The molecule has 1 heterocycles. The van der Waals surface area contributed by atoms with Crippen LogP contribution in [-0.2, 0) is 5.41 Å². The van der Waals surface area contributed by atoms with E-state index in [-0.39, 0.29) is 11.3 Å². The molecule has 1 unspecified atom stereocenters. The first-order valence-corrected chi connectivity index (χ1v) is 13.4. The van der Waals surface area contributed by atoms with E-state index in [2.05, 4.69) is 122 Å². The average molecular weight is 492 g/mol. The lowest BCUT2D eigenvalue weighted by molar-refractivity contribution is 0.253. The summed E-state index contributed by atoms with van der Waals surface area (Å²) in [4.78, 5) is 5.02. The number of nitrogens with zero attached hydrogens (tertiary/aromatic N) is 1. The number of rotatable bonds is 3. The van der Waals surface area contributed by atoms with E-state index in [0.717, 1.165) is 40.5 Å². The van der Waals surface area contributed by atoms with E-state index in [0.29, 0.717) is 0 Å². The van der Waals surface area contributed by atoms with Crippen LogP contribution in [0.1, 0.15) is 48.1 Å². The van der Waals surface area contributed by atoms with Crippen LogP contribution in [0.25, 0.3) is 16.8 Å². The normalized spacial score (nSPS) is 18.7. The van der Waals surface area contributed by atoms with Crippen molar-refractivity contribution in [1.29, 1.82) is 0 Å². The van der Waals surface area contributed by atoms with Gasteiger partial charge in [-0.15, -0.1) is 0 Å². The third-order valence-electron chi connectivity index (χ3n) is 8.31. The Labute approximate surface area is 224 Å². The first-order valence-electron chi connectivity index (χ1n) is 13.4. The van der Waals surface area contributed by atoms with Crippen molar-refractivity contribution in [2.75, 3.05) is 0 Å². The van der Waals surface area contributed by atoms with E-state index >= 15 is 0 Å². The fourth-order valence-electron chi connectivity index (χ4n) is 6.67. The topological polar surface area (TPSA) is 21.6 Å². The predicted molar refractivity (Wildman–Crippen MR) is 156 cm³/mol. The number of ether oxygens (including phenoxy) is 1. The number of allylic oxidation sites excluding steroid dienone is 5. The standard InChI is InChI=1S/C36H29NO/c1-3-33(37-24(2)25-13-5-4-6-14-25)26-21-22-32-35(23-26)38-34-20-12-11-19-31(34)36(32)29-17-9-7-15-27(29)28-16-8-10-18-30(28)36/h3-18,20-23,31H,19H2,1-2H3/b33-3+,37-24?. The smallest absolute Gasteiger partial charge is 0.132 e. The van der Waals surface area contributed by atoms with E-state index in [1.165, 1.54) is 27.8 Å². The number of fused-ring (bicyclic) bond motifs is 9. The van der Waals surface area contributed by atoms with Gasteiger partial charge in [0.1, 0.15) is 11.5 Å². The molecule has 0 saturated carbocycles. The molecule has 0 aromatic heterocycles. The maximum Gasteiger partial charge on any atom is 0.132 e. The molecule has 0 bridgehead atoms. The first kappa shape index (κ1) is 22.7. The van der Waals surface area contributed by atoms with Gasteiger partial charge in [0.25, 0.3) is 0 Å². The van der Waals surface area contributed by atoms with Crippen molar-refractivity contribution in [1.82, 2.24) is 0 Å². The lowest BCUT2D eigenvalue weighted by atomic mass is 9.60. The van der Waals surface area contributed by atoms with Gasteiger partial charge in [-0.25, -0.2) is 0 Å². The molecule has 3 aliphatic rings. The molecule has 7 rings (SSSR count). The van der Waals surface area contributed by atoms with Crippen LogP contribution in [0.3, 0.4) is 0 Å². The highest BCUT2D eigenvalue weighted by atomic mass is 16.5. The largest absolute Gasteiger partial charge is 0.461 e. The van der Waals surface area contributed by atoms with Crippen LogP contribution < -0.4 is 4.74 Å². The number of benzene rings is 4.